The van der Waals surface area contributed by atoms with Crippen LogP contribution in [0.2, 0.25) is 0 Å². The van der Waals surface area contributed by atoms with E-state index in [2.05, 4.69) is 5.32 Å². The third-order valence-corrected chi connectivity index (χ3v) is 3.82. The number of carboxylic acids is 1. The lowest BCUT2D eigenvalue weighted by Crippen LogP contribution is -2.41. The van der Waals surface area contributed by atoms with Crippen LogP contribution in [-0.4, -0.2) is 70.5 Å². The van der Waals surface area contributed by atoms with Crippen molar-refractivity contribution in [2.24, 2.45) is 5.92 Å². The molecule has 9 heteroatoms. The molecule has 0 saturated carbocycles. The van der Waals surface area contributed by atoms with E-state index in [1.54, 1.807) is 7.11 Å². The van der Waals surface area contributed by atoms with E-state index in [0.717, 1.165) is 0 Å². The number of amides is 1. The smallest absolute Gasteiger partial charge is 0.308 e. The topological polar surface area (TPSA) is 127 Å². The summed E-state index contributed by atoms with van der Waals surface area (Å²) in [5.74, 6) is -2.20. The maximum Gasteiger partial charge on any atom is 0.308 e. The highest BCUT2D eigenvalue weighted by atomic mass is 16.7. The van der Waals surface area contributed by atoms with Gasteiger partial charge in [-0.05, 0) is 30.7 Å². The van der Waals surface area contributed by atoms with Gasteiger partial charge in [0.25, 0.3) is 5.91 Å². The number of nitrogens with one attached hydrogen (secondary N) is 1. The number of carbonyl (C=O) groups is 2. The summed E-state index contributed by atoms with van der Waals surface area (Å²) in [6, 6.07) is 7.55. The molecule has 0 spiro atoms. The third kappa shape index (κ3) is 8.92. The molecular weight excluding hydrogens is 368 g/mol. The molecule has 2 unspecified atom stereocenters. The van der Waals surface area contributed by atoms with Gasteiger partial charge in [0.15, 0.2) is 0 Å². The van der Waals surface area contributed by atoms with Crippen molar-refractivity contribution >= 4 is 11.9 Å². The van der Waals surface area contributed by atoms with E-state index in [0.29, 0.717) is 24.3 Å². The van der Waals surface area contributed by atoms with Gasteiger partial charge in [-0.2, -0.15) is 5.26 Å². The summed E-state index contributed by atoms with van der Waals surface area (Å²) in [7, 11) is 2.97. The minimum atomic E-state index is -1.02. The summed E-state index contributed by atoms with van der Waals surface area (Å²) in [6.45, 7) is 0.872. The van der Waals surface area contributed by atoms with Crippen LogP contribution in [0.5, 0.6) is 0 Å². The molecule has 0 fully saturated rings. The highest BCUT2D eigenvalue weighted by molar-refractivity contribution is 5.94. The van der Waals surface area contributed by atoms with Crippen LogP contribution in [0.3, 0.4) is 0 Å². The average molecular weight is 394 g/mol. The number of benzene rings is 1. The van der Waals surface area contributed by atoms with Gasteiger partial charge in [0.2, 0.25) is 0 Å². The number of rotatable bonds is 14. The van der Waals surface area contributed by atoms with Gasteiger partial charge in [-0.1, -0.05) is 0 Å². The molecule has 0 bridgehead atoms. The maximum atomic E-state index is 12.5. The average Bonchev–Trinajstić information content (AvgIpc) is 2.69. The van der Waals surface area contributed by atoms with Crippen molar-refractivity contribution in [2.45, 2.75) is 12.5 Å². The Balaban J connectivity index is 2.70. The van der Waals surface area contributed by atoms with E-state index in [9.17, 15) is 14.7 Å². The first-order valence-corrected chi connectivity index (χ1v) is 8.69. The Hall–Kier alpha value is -2.51. The molecule has 154 valence electrons. The van der Waals surface area contributed by atoms with Crippen LogP contribution < -0.4 is 5.32 Å². The van der Waals surface area contributed by atoms with Crippen LogP contribution in [0.25, 0.3) is 0 Å². The van der Waals surface area contributed by atoms with Crippen LogP contribution in [0.15, 0.2) is 24.3 Å². The lowest BCUT2D eigenvalue weighted by Gasteiger charge is -2.22. The van der Waals surface area contributed by atoms with Crippen molar-refractivity contribution < 1.29 is 33.6 Å². The van der Waals surface area contributed by atoms with E-state index in [4.69, 9.17) is 24.2 Å². The molecule has 0 aromatic heterocycles. The van der Waals surface area contributed by atoms with Gasteiger partial charge in [-0.3, -0.25) is 9.59 Å². The number of carbonyl (C=O) groups excluding carboxylic acids is 1. The molecule has 1 aromatic carbocycles. The first kappa shape index (κ1) is 23.5. The first-order chi connectivity index (χ1) is 13.5. The second kappa shape index (κ2) is 13.6. The fourth-order valence-corrected chi connectivity index (χ4v) is 2.37. The van der Waals surface area contributed by atoms with Crippen molar-refractivity contribution in [3.05, 3.63) is 35.4 Å². The molecule has 0 aliphatic heterocycles. The van der Waals surface area contributed by atoms with Crippen molar-refractivity contribution in [3.8, 4) is 6.07 Å². The molecule has 0 radical (unpaired) electrons. The second-order valence-corrected chi connectivity index (χ2v) is 5.98. The molecule has 1 rings (SSSR count). The van der Waals surface area contributed by atoms with Gasteiger partial charge in [0.1, 0.15) is 6.79 Å². The summed E-state index contributed by atoms with van der Waals surface area (Å²) in [4.78, 5) is 23.9. The SMILES string of the molecule is COCCOCOCC(CC(COC)C(=O)O)NC(=O)c1ccc(C#N)cc1. The number of nitriles is 1. The van der Waals surface area contributed by atoms with Crippen molar-refractivity contribution in [3.63, 3.8) is 0 Å². The van der Waals surface area contributed by atoms with Gasteiger partial charge in [-0.15, -0.1) is 0 Å². The molecule has 0 saturated heterocycles. The maximum absolute atomic E-state index is 12.5. The molecule has 28 heavy (non-hydrogen) atoms. The number of methoxy groups -OCH3 is 2. The first-order valence-electron chi connectivity index (χ1n) is 8.69. The number of nitrogens with zero attached hydrogens (tertiary/aromatic N) is 1. The normalized spacial score (nSPS) is 12.8. The van der Waals surface area contributed by atoms with E-state index in [1.807, 2.05) is 6.07 Å². The summed E-state index contributed by atoms with van der Waals surface area (Å²) in [6.07, 6.45) is 0.128. The quantitative estimate of drug-likeness (QED) is 0.354. The minimum Gasteiger partial charge on any atom is -0.481 e. The molecular formula is C19H26N2O7. The summed E-state index contributed by atoms with van der Waals surface area (Å²) in [5.41, 5.74) is 0.801. The standard InChI is InChI=1S/C19H26N2O7/c1-25-7-8-27-13-28-12-17(9-16(11-26-2)19(23)24)21-18(22)15-5-3-14(10-20)4-6-15/h3-6,16-17H,7-9,11-13H2,1-2H3,(H,21,22)(H,23,24). The lowest BCUT2D eigenvalue weighted by atomic mass is 10.0. The van der Waals surface area contributed by atoms with Crippen molar-refractivity contribution in [2.75, 3.05) is 47.4 Å². The van der Waals surface area contributed by atoms with Gasteiger partial charge in [0.05, 0.1) is 50.0 Å². The zero-order valence-electron chi connectivity index (χ0n) is 16.1. The Morgan fingerprint density at radius 3 is 2.39 bits per heavy atom. The minimum absolute atomic E-state index is 0.00534. The van der Waals surface area contributed by atoms with E-state index >= 15 is 0 Å². The Morgan fingerprint density at radius 2 is 1.82 bits per heavy atom. The van der Waals surface area contributed by atoms with Crippen LogP contribution in [0.4, 0.5) is 0 Å². The molecule has 9 nitrogen and oxygen atoms in total. The molecule has 1 aromatic rings. The molecule has 2 atom stereocenters. The lowest BCUT2D eigenvalue weighted by molar-refractivity contribution is -0.144. The predicted molar refractivity (Wildman–Crippen MR) is 98.7 cm³/mol. The van der Waals surface area contributed by atoms with Crippen LogP contribution >= 0.6 is 0 Å². The van der Waals surface area contributed by atoms with Crippen LogP contribution in [0.1, 0.15) is 22.3 Å². The van der Waals surface area contributed by atoms with Crippen LogP contribution in [-0.2, 0) is 23.7 Å². The number of hydrogen-bond donors (Lipinski definition) is 2. The van der Waals surface area contributed by atoms with Crippen molar-refractivity contribution in [1.82, 2.24) is 5.32 Å². The number of hydrogen-bond acceptors (Lipinski definition) is 7. The Labute approximate surface area is 164 Å². The van der Waals surface area contributed by atoms with E-state index < -0.39 is 17.9 Å². The summed E-state index contributed by atoms with van der Waals surface area (Å²) in [5, 5.41) is 20.9. The molecule has 0 aliphatic carbocycles. The molecule has 0 aliphatic rings. The zero-order chi connectivity index (χ0) is 20.8. The fraction of sp³-hybridized carbons (Fsp3) is 0.526. The van der Waals surface area contributed by atoms with Gasteiger partial charge < -0.3 is 29.4 Å². The van der Waals surface area contributed by atoms with Crippen LogP contribution in [0, 0.1) is 17.2 Å². The highest BCUT2D eigenvalue weighted by Gasteiger charge is 2.24. The van der Waals surface area contributed by atoms with E-state index in [-0.39, 0.29) is 32.3 Å². The predicted octanol–water partition coefficient (Wildman–Crippen LogP) is 1.03. The van der Waals surface area contributed by atoms with E-state index in [1.165, 1.54) is 31.4 Å². The fourth-order valence-electron chi connectivity index (χ4n) is 2.37. The van der Waals surface area contributed by atoms with Gasteiger partial charge in [0, 0.05) is 19.8 Å². The number of carboxylic acid groups (broad SMARTS) is 1. The van der Waals surface area contributed by atoms with Gasteiger partial charge in [-0.25, -0.2) is 0 Å². The molecule has 2 N–H and O–H groups in total. The molecule has 1 amide bonds. The second-order valence-electron chi connectivity index (χ2n) is 5.98. The summed E-state index contributed by atoms with van der Waals surface area (Å²) >= 11 is 0. The Morgan fingerprint density at radius 1 is 1.11 bits per heavy atom. The number of aliphatic carboxylic acids is 1. The monoisotopic (exact) mass is 394 g/mol. The highest BCUT2D eigenvalue weighted by Crippen LogP contribution is 2.11. The van der Waals surface area contributed by atoms with Gasteiger partial charge >= 0.3 is 5.97 Å². The largest absolute Gasteiger partial charge is 0.481 e. The Bertz CT molecular complexity index is 643. The zero-order valence-corrected chi connectivity index (χ0v) is 16.1. The van der Waals surface area contributed by atoms with Crippen molar-refractivity contribution in [1.29, 1.82) is 5.26 Å². The third-order valence-electron chi connectivity index (χ3n) is 3.82. The summed E-state index contributed by atoms with van der Waals surface area (Å²) < 4.78 is 20.4. The Kier molecular flexibility index (Phi) is 11.5. The molecule has 0 heterocycles. The number of ether oxygens (including phenoxy) is 4.